The summed E-state index contributed by atoms with van der Waals surface area (Å²) in [5.74, 6) is 0.903. The summed E-state index contributed by atoms with van der Waals surface area (Å²) in [7, 11) is 0. The second-order valence-electron chi connectivity index (χ2n) is 4.02. The van der Waals surface area contributed by atoms with E-state index in [1.807, 2.05) is 0 Å². The summed E-state index contributed by atoms with van der Waals surface area (Å²) in [5, 5.41) is 0. The molecule has 3 fully saturated rings. The third kappa shape index (κ3) is 0.789. The van der Waals surface area contributed by atoms with Crippen LogP contribution in [0, 0.1) is 5.92 Å². The van der Waals surface area contributed by atoms with E-state index in [1.165, 1.54) is 32.1 Å². The molecule has 2 nitrogen and oxygen atoms in total. The minimum atomic E-state index is 0.0226. The van der Waals surface area contributed by atoms with Crippen LogP contribution in [0.25, 0.3) is 0 Å². The van der Waals surface area contributed by atoms with Crippen molar-refractivity contribution >= 4 is 0 Å². The van der Waals surface area contributed by atoms with Gasteiger partial charge in [-0.25, -0.2) is 0 Å². The van der Waals surface area contributed by atoms with E-state index in [4.69, 9.17) is 11.5 Å². The van der Waals surface area contributed by atoms with Crippen LogP contribution < -0.4 is 11.5 Å². The number of rotatable bonds is 0. The molecule has 1 atom stereocenters. The van der Waals surface area contributed by atoms with E-state index >= 15 is 0 Å². The maximum absolute atomic E-state index is 6.11. The van der Waals surface area contributed by atoms with Crippen LogP contribution in [0.15, 0.2) is 0 Å². The molecule has 0 saturated heterocycles. The molecule has 0 unspecified atom stereocenters. The van der Waals surface area contributed by atoms with E-state index in [0.29, 0.717) is 6.04 Å². The van der Waals surface area contributed by atoms with Crippen molar-refractivity contribution < 1.29 is 0 Å². The van der Waals surface area contributed by atoms with Crippen LogP contribution in [0.3, 0.4) is 0 Å². The fourth-order valence-corrected chi connectivity index (χ4v) is 2.42. The van der Waals surface area contributed by atoms with Crippen LogP contribution in [0.1, 0.15) is 32.1 Å². The Bertz CT molecular complexity index is 136. The van der Waals surface area contributed by atoms with Crippen molar-refractivity contribution in [1.29, 1.82) is 0 Å². The lowest BCUT2D eigenvalue weighted by Gasteiger charge is -2.48. The maximum atomic E-state index is 6.11. The molecule has 0 amide bonds. The lowest BCUT2D eigenvalue weighted by atomic mass is 9.64. The molecule has 0 aromatic heterocycles. The van der Waals surface area contributed by atoms with Crippen molar-refractivity contribution in [2.75, 3.05) is 0 Å². The predicted molar refractivity (Wildman–Crippen MR) is 41.5 cm³/mol. The van der Waals surface area contributed by atoms with Gasteiger partial charge in [-0.3, -0.25) is 0 Å². The quantitative estimate of drug-likeness (QED) is 0.518. The van der Waals surface area contributed by atoms with Gasteiger partial charge >= 0.3 is 0 Å². The van der Waals surface area contributed by atoms with Crippen molar-refractivity contribution in [3.05, 3.63) is 0 Å². The zero-order chi connectivity index (χ0) is 7.19. The topological polar surface area (TPSA) is 52.0 Å². The summed E-state index contributed by atoms with van der Waals surface area (Å²) in [6.07, 6.45) is 6.16. The van der Waals surface area contributed by atoms with Gasteiger partial charge in [0.25, 0.3) is 0 Å². The van der Waals surface area contributed by atoms with Gasteiger partial charge in [0.05, 0.1) is 0 Å². The van der Waals surface area contributed by atoms with Crippen LogP contribution in [-0.2, 0) is 0 Å². The smallest absolute Gasteiger partial charge is 0.0308 e. The molecule has 0 aromatic rings. The molecule has 2 heteroatoms. The molecule has 3 rings (SSSR count). The van der Waals surface area contributed by atoms with Gasteiger partial charge < -0.3 is 11.5 Å². The molecule has 0 aromatic carbocycles. The van der Waals surface area contributed by atoms with Crippen LogP contribution in [-0.4, -0.2) is 11.6 Å². The zero-order valence-electron chi connectivity index (χ0n) is 6.34. The Morgan fingerprint density at radius 1 is 1.20 bits per heavy atom. The van der Waals surface area contributed by atoms with Crippen molar-refractivity contribution in [3.8, 4) is 0 Å². The number of hydrogen-bond donors (Lipinski definition) is 2. The highest BCUT2D eigenvalue weighted by Crippen LogP contribution is 2.41. The summed E-state index contributed by atoms with van der Waals surface area (Å²) in [6, 6.07) is 0.292. The SMILES string of the molecule is N[C@H]1CC2CCC1(N)CC2. The van der Waals surface area contributed by atoms with Crippen molar-refractivity contribution in [2.24, 2.45) is 17.4 Å². The summed E-state index contributed by atoms with van der Waals surface area (Å²) < 4.78 is 0. The highest BCUT2D eigenvalue weighted by Gasteiger charge is 2.42. The highest BCUT2D eigenvalue weighted by molar-refractivity contribution is 5.03. The largest absolute Gasteiger partial charge is 0.326 e. The Hall–Kier alpha value is -0.0800. The molecule has 58 valence electrons. The molecule has 0 spiro atoms. The van der Waals surface area contributed by atoms with Gasteiger partial charge in [-0.15, -0.1) is 0 Å². The summed E-state index contributed by atoms with van der Waals surface area (Å²) in [6.45, 7) is 0. The van der Waals surface area contributed by atoms with Crippen molar-refractivity contribution in [3.63, 3.8) is 0 Å². The monoisotopic (exact) mass is 140 g/mol. The molecule has 3 aliphatic rings. The standard InChI is InChI=1S/C8H16N2/c9-7-5-6-1-3-8(7,10)4-2-6/h6-7H,1-5,9-10H2/t6?,7-,8?/m0/s1. The molecule has 0 heterocycles. The molecule has 4 N–H and O–H groups in total. The molecule has 0 radical (unpaired) electrons. The van der Waals surface area contributed by atoms with E-state index < -0.39 is 0 Å². The molecular weight excluding hydrogens is 124 g/mol. The van der Waals surface area contributed by atoms with Gasteiger partial charge in [-0.2, -0.15) is 0 Å². The van der Waals surface area contributed by atoms with Crippen LogP contribution >= 0.6 is 0 Å². The van der Waals surface area contributed by atoms with E-state index in [2.05, 4.69) is 0 Å². The average Bonchev–Trinajstić information content (AvgIpc) is 1.92. The zero-order valence-corrected chi connectivity index (χ0v) is 6.34. The molecule has 3 aliphatic carbocycles. The summed E-state index contributed by atoms with van der Waals surface area (Å²) >= 11 is 0. The maximum Gasteiger partial charge on any atom is 0.0308 e. The first-order chi connectivity index (χ1) is 4.71. The van der Waals surface area contributed by atoms with Gasteiger partial charge in [0.2, 0.25) is 0 Å². The Morgan fingerprint density at radius 2 is 1.80 bits per heavy atom. The molecular formula is C8H16N2. The first kappa shape index (κ1) is 6.62. The minimum Gasteiger partial charge on any atom is -0.326 e. The first-order valence-electron chi connectivity index (χ1n) is 4.25. The molecule has 10 heavy (non-hydrogen) atoms. The van der Waals surface area contributed by atoms with Gasteiger partial charge in [-0.05, 0) is 38.0 Å². The lowest BCUT2D eigenvalue weighted by Crippen LogP contribution is -2.61. The highest BCUT2D eigenvalue weighted by atomic mass is 14.9. The lowest BCUT2D eigenvalue weighted by molar-refractivity contribution is 0.114. The number of fused-ring (bicyclic) bond motifs is 3. The normalized spacial score (nSPS) is 53.4. The molecule has 0 aliphatic heterocycles. The number of nitrogens with two attached hydrogens (primary N) is 2. The van der Waals surface area contributed by atoms with E-state index in [1.54, 1.807) is 0 Å². The van der Waals surface area contributed by atoms with Gasteiger partial charge in [0.15, 0.2) is 0 Å². The Kier molecular flexibility index (Phi) is 1.29. The molecule has 2 bridgehead atoms. The Labute approximate surface area is 62.0 Å². The summed E-state index contributed by atoms with van der Waals surface area (Å²) in [4.78, 5) is 0. The summed E-state index contributed by atoms with van der Waals surface area (Å²) in [5.41, 5.74) is 12.1. The molecule has 3 saturated carbocycles. The van der Waals surface area contributed by atoms with E-state index in [0.717, 1.165) is 5.92 Å². The second kappa shape index (κ2) is 1.95. The minimum absolute atomic E-state index is 0.0226. The van der Waals surface area contributed by atoms with Crippen LogP contribution in [0.5, 0.6) is 0 Å². The van der Waals surface area contributed by atoms with Gasteiger partial charge in [0, 0.05) is 11.6 Å². The fraction of sp³-hybridized carbons (Fsp3) is 1.00. The number of hydrogen-bond acceptors (Lipinski definition) is 2. The van der Waals surface area contributed by atoms with Crippen molar-refractivity contribution in [1.82, 2.24) is 0 Å². The third-order valence-corrected chi connectivity index (χ3v) is 3.36. The van der Waals surface area contributed by atoms with Crippen LogP contribution in [0.4, 0.5) is 0 Å². The average molecular weight is 140 g/mol. The van der Waals surface area contributed by atoms with E-state index in [9.17, 15) is 0 Å². The van der Waals surface area contributed by atoms with Crippen LogP contribution in [0.2, 0.25) is 0 Å². The van der Waals surface area contributed by atoms with Gasteiger partial charge in [0.1, 0.15) is 0 Å². The van der Waals surface area contributed by atoms with E-state index in [-0.39, 0.29) is 5.54 Å². The Balaban J connectivity index is 2.17. The Morgan fingerprint density at radius 3 is 2.10 bits per heavy atom. The second-order valence-corrected chi connectivity index (χ2v) is 4.02. The predicted octanol–water partition coefficient (Wildman–Crippen LogP) is 0.605. The third-order valence-electron chi connectivity index (χ3n) is 3.36. The fourth-order valence-electron chi connectivity index (χ4n) is 2.42. The first-order valence-corrected chi connectivity index (χ1v) is 4.25. The van der Waals surface area contributed by atoms with Crippen molar-refractivity contribution in [2.45, 2.75) is 43.7 Å². The van der Waals surface area contributed by atoms with Gasteiger partial charge in [-0.1, -0.05) is 0 Å².